The van der Waals surface area contributed by atoms with Crippen LogP contribution >= 0.6 is 0 Å². The Morgan fingerprint density at radius 2 is 1.14 bits per heavy atom. The van der Waals surface area contributed by atoms with E-state index in [0.717, 1.165) is 6.42 Å². The van der Waals surface area contributed by atoms with E-state index in [2.05, 4.69) is 18.8 Å². The quantitative estimate of drug-likeness (QED) is 0.138. The molecule has 29 heavy (non-hydrogen) atoms. The van der Waals surface area contributed by atoms with Crippen LogP contribution in [0, 0.1) is 0 Å². The minimum atomic E-state index is 0.181. The van der Waals surface area contributed by atoms with Gasteiger partial charge in [-0.05, 0) is 19.8 Å². The summed E-state index contributed by atoms with van der Waals surface area (Å²) in [6, 6.07) is 0. The van der Waals surface area contributed by atoms with E-state index in [1.807, 2.05) is 6.08 Å². The monoisotopic (exact) mass is 409 g/mol. The molecule has 3 heteroatoms. The van der Waals surface area contributed by atoms with Gasteiger partial charge in [-0.1, -0.05) is 109 Å². The number of carbonyl (C=O) groups excluding carboxylic acids is 1. The molecular weight excluding hydrogens is 358 g/mol. The smallest absolute Gasteiger partial charge is 0.219 e. The number of carbonyl (C=O) groups is 1. The molecule has 1 N–H and O–H groups in total. The maximum atomic E-state index is 11.1. The second-order valence-corrected chi connectivity index (χ2v) is 8.65. The third-order valence-corrected chi connectivity index (χ3v) is 5.79. The molecule has 1 atom stereocenters. The van der Waals surface area contributed by atoms with Gasteiger partial charge < -0.3 is 10.1 Å². The molecule has 0 heterocycles. The Hall–Kier alpha value is -0.830. The van der Waals surface area contributed by atoms with Crippen molar-refractivity contribution in [1.29, 1.82) is 0 Å². The first-order valence-corrected chi connectivity index (χ1v) is 12.6. The largest absolute Gasteiger partial charge is 0.374 e. The van der Waals surface area contributed by atoms with E-state index in [-0.39, 0.29) is 5.91 Å². The zero-order chi connectivity index (χ0) is 21.4. The fourth-order valence-corrected chi connectivity index (χ4v) is 3.81. The Balaban J connectivity index is 3.08. The number of rotatable bonds is 23. The molecule has 1 unspecified atom stereocenters. The van der Waals surface area contributed by atoms with E-state index in [9.17, 15) is 4.79 Å². The van der Waals surface area contributed by atoms with Crippen LogP contribution in [-0.2, 0) is 9.53 Å². The molecule has 0 radical (unpaired) electrons. The molecule has 0 saturated heterocycles. The normalized spacial score (nSPS) is 12.1. The molecular formula is C26H51NO2. The van der Waals surface area contributed by atoms with E-state index in [4.69, 9.17) is 4.74 Å². The predicted molar refractivity (Wildman–Crippen MR) is 127 cm³/mol. The topological polar surface area (TPSA) is 38.3 Å². The third-order valence-electron chi connectivity index (χ3n) is 5.79. The summed E-state index contributed by atoms with van der Waals surface area (Å²) in [6.45, 7) is 6.54. The molecule has 0 aromatic carbocycles. The van der Waals surface area contributed by atoms with E-state index in [1.165, 1.54) is 109 Å². The molecule has 0 aliphatic rings. The van der Waals surface area contributed by atoms with Gasteiger partial charge in [0.1, 0.15) is 0 Å². The standard InChI is InChI=1S/C26H51NO2/c1-4-24-29-25(2)22-20-18-16-14-12-10-8-6-5-7-9-11-13-15-17-19-21-23-26(28)27-3/h4,25H,1,5-24H2,2-3H3,(H,27,28). The summed E-state index contributed by atoms with van der Waals surface area (Å²) in [7, 11) is 1.72. The molecule has 3 nitrogen and oxygen atoms in total. The maximum Gasteiger partial charge on any atom is 0.219 e. The molecule has 0 spiro atoms. The highest BCUT2D eigenvalue weighted by Gasteiger charge is 2.01. The van der Waals surface area contributed by atoms with Gasteiger partial charge in [0.2, 0.25) is 5.91 Å². The van der Waals surface area contributed by atoms with Crippen molar-refractivity contribution in [2.24, 2.45) is 0 Å². The van der Waals surface area contributed by atoms with Crippen LogP contribution in [0.4, 0.5) is 0 Å². The minimum absolute atomic E-state index is 0.181. The van der Waals surface area contributed by atoms with Gasteiger partial charge in [-0.15, -0.1) is 6.58 Å². The van der Waals surface area contributed by atoms with Crippen molar-refractivity contribution >= 4 is 5.91 Å². The van der Waals surface area contributed by atoms with Gasteiger partial charge in [0, 0.05) is 13.5 Å². The molecule has 1 amide bonds. The van der Waals surface area contributed by atoms with Gasteiger partial charge >= 0.3 is 0 Å². The van der Waals surface area contributed by atoms with Crippen molar-refractivity contribution in [2.45, 2.75) is 135 Å². The highest BCUT2D eigenvalue weighted by molar-refractivity contribution is 5.75. The molecule has 0 rings (SSSR count). The lowest BCUT2D eigenvalue weighted by Gasteiger charge is -2.11. The van der Waals surface area contributed by atoms with Crippen LogP contribution in [-0.4, -0.2) is 25.7 Å². The van der Waals surface area contributed by atoms with E-state index in [0.29, 0.717) is 19.1 Å². The van der Waals surface area contributed by atoms with Gasteiger partial charge in [0.15, 0.2) is 0 Å². The van der Waals surface area contributed by atoms with Gasteiger partial charge in [0.25, 0.3) is 0 Å². The van der Waals surface area contributed by atoms with Crippen LogP contribution < -0.4 is 5.32 Å². The predicted octanol–water partition coefficient (Wildman–Crippen LogP) is 7.74. The Kier molecular flexibility index (Phi) is 22.8. The number of amides is 1. The second-order valence-electron chi connectivity index (χ2n) is 8.65. The van der Waals surface area contributed by atoms with E-state index in [1.54, 1.807) is 7.05 Å². The number of hydrogen-bond acceptors (Lipinski definition) is 2. The summed E-state index contributed by atoms with van der Waals surface area (Å²) in [5, 5.41) is 2.69. The molecule has 172 valence electrons. The maximum absolute atomic E-state index is 11.1. The summed E-state index contributed by atoms with van der Waals surface area (Å²) < 4.78 is 5.60. The third kappa shape index (κ3) is 23.3. The minimum Gasteiger partial charge on any atom is -0.374 e. The van der Waals surface area contributed by atoms with Gasteiger partial charge in [-0.2, -0.15) is 0 Å². The lowest BCUT2D eigenvalue weighted by molar-refractivity contribution is -0.120. The fraction of sp³-hybridized carbons (Fsp3) is 0.885. The molecule has 0 aliphatic carbocycles. The lowest BCUT2D eigenvalue weighted by Crippen LogP contribution is -2.16. The van der Waals surface area contributed by atoms with Crippen LogP contribution in [0.2, 0.25) is 0 Å². The van der Waals surface area contributed by atoms with Crippen molar-refractivity contribution in [3.05, 3.63) is 12.7 Å². The van der Waals surface area contributed by atoms with Crippen LogP contribution in [0.1, 0.15) is 129 Å². The van der Waals surface area contributed by atoms with Crippen LogP contribution in [0.25, 0.3) is 0 Å². The highest BCUT2D eigenvalue weighted by Crippen LogP contribution is 2.15. The first kappa shape index (κ1) is 28.2. The summed E-state index contributed by atoms with van der Waals surface area (Å²) >= 11 is 0. The van der Waals surface area contributed by atoms with Crippen LogP contribution in [0.5, 0.6) is 0 Å². The molecule has 0 saturated carbocycles. The van der Waals surface area contributed by atoms with Crippen molar-refractivity contribution in [3.8, 4) is 0 Å². The molecule has 0 fully saturated rings. The SMILES string of the molecule is C=CCOC(C)CCCCCCCCCCCCCCCCCCCC(=O)NC. The van der Waals surface area contributed by atoms with Crippen LogP contribution in [0.3, 0.4) is 0 Å². The molecule has 0 aromatic heterocycles. The fourth-order valence-electron chi connectivity index (χ4n) is 3.81. The van der Waals surface area contributed by atoms with E-state index < -0.39 is 0 Å². The Morgan fingerprint density at radius 3 is 1.52 bits per heavy atom. The highest BCUT2D eigenvalue weighted by atomic mass is 16.5. The zero-order valence-corrected chi connectivity index (χ0v) is 19.8. The first-order chi connectivity index (χ1) is 14.2. The average Bonchev–Trinajstić information content (AvgIpc) is 2.73. The number of unbranched alkanes of at least 4 members (excludes halogenated alkanes) is 16. The van der Waals surface area contributed by atoms with Gasteiger partial charge in [-0.3, -0.25) is 4.79 Å². The van der Waals surface area contributed by atoms with Crippen molar-refractivity contribution < 1.29 is 9.53 Å². The average molecular weight is 410 g/mol. The zero-order valence-electron chi connectivity index (χ0n) is 19.8. The molecule has 0 aromatic rings. The number of hydrogen-bond donors (Lipinski definition) is 1. The lowest BCUT2D eigenvalue weighted by atomic mass is 10.0. The second kappa shape index (κ2) is 23.4. The van der Waals surface area contributed by atoms with E-state index >= 15 is 0 Å². The summed E-state index contributed by atoms with van der Waals surface area (Å²) in [5.74, 6) is 0.181. The first-order valence-electron chi connectivity index (χ1n) is 12.6. The summed E-state index contributed by atoms with van der Waals surface area (Å²) in [6.07, 6.45) is 27.2. The Bertz CT molecular complexity index is 357. The van der Waals surface area contributed by atoms with Gasteiger partial charge in [0.05, 0.1) is 12.7 Å². The van der Waals surface area contributed by atoms with Crippen molar-refractivity contribution in [3.63, 3.8) is 0 Å². The van der Waals surface area contributed by atoms with Crippen LogP contribution in [0.15, 0.2) is 12.7 Å². The van der Waals surface area contributed by atoms with Crippen molar-refractivity contribution in [2.75, 3.05) is 13.7 Å². The molecule has 0 bridgehead atoms. The van der Waals surface area contributed by atoms with Crippen molar-refractivity contribution in [1.82, 2.24) is 5.32 Å². The number of ether oxygens (including phenoxy) is 1. The molecule has 0 aliphatic heterocycles. The summed E-state index contributed by atoms with van der Waals surface area (Å²) in [4.78, 5) is 11.1. The Labute approximate surface area is 182 Å². The number of nitrogens with one attached hydrogen (secondary N) is 1. The Morgan fingerprint density at radius 1 is 0.759 bits per heavy atom. The van der Waals surface area contributed by atoms with Gasteiger partial charge in [-0.25, -0.2) is 0 Å². The summed E-state index contributed by atoms with van der Waals surface area (Å²) in [5.41, 5.74) is 0.